The van der Waals surface area contributed by atoms with Crippen molar-refractivity contribution in [3.05, 3.63) is 23.8 Å². The van der Waals surface area contributed by atoms with Gasteiger partial charge >= 0.3 is 0 Å². The molecule has 116 valence electrons. The first kappa shape index (κ1) is 14.9. The fourth-order valence-corrected chi connectivity index (χ4v) is 5.56. The van der Waals surface area contributed by atoms with Gasteiger partial charge in [0.05, 0.1) is 4.90 Å². The van der Waals surface area contributed by atoms with Crippen LogP contribution >= 0.6 is 0 Å². The van der Waals surface area contributed by atoms with Crippen molar-refractivity contribution in [2.75, 3.05) is 18.8 Å². The van der Waals surface area contributed by atoms with Gasteiger partial charge in [0.1, 0.15) is 0 Å². The van der Waals surface area contributed by atoms with Gasteiger partial charge in [0.2, 0.25) is 10.0 Å². The van der Waals surface area contributed by atoms with E-state index >= 15 is 0 Å². The summed E-state index contributed by atoms with van der Waals surface area (Å²) >= 11 is 0. The maximum atomic E-state index is 12.8. The number of hydrogen-bond donors (Lipinski definition) is 1. The Morgan fingerprint density at radius 1 is 1.10 bits per heavy atom. The third-order valence-electron chi connectivity index (χ3n) is 5.28. The lowest BCUT2D eigenvalue weighted by Crippen LogP contribution is -2.42. The third-order valence-corrected chi connectivity index (χ3v) is 7.32. The Bertz CT molecular complexity index is 624. The molecule has 1 aromatic rings. The molecule has 1 spiro atoms. The molecule has 1 aromatic carbocycles. The average Bonchev–Trinajstić information content (AvgIpc) is 2.90. The number of rotatable bonds is 2. The van der Waals surface area contributed by atoms with Crippen LogP contribution in [0.5, 0.6) is 0 Å². The van der Waals surface area contributed by atoms with Crippen molar-refractivity contribution in [1.82, 2.24) is 4.31 Å². The standard InChI is InChI=1S/C16H24N2O2S/c1-13-4-5-14(17)12-15(13)21(19,20)18-10-8-16(9-11-18)6-2-3-7-16/h4-5,12H,2-3,6-11,17H2,1H3. The van der Waals surface area contributed by atoms with Crippen LogP contribution in [0, 0.1) is 12.3 Å². The zero-order valence-electron chi connectivity index (χ0n) is 12.6. The van der Waals surface area contributed by atoms with E-state index in [-0.39, 0.29) is 0 Å². The smallest absolute Gasteiger partial charge is 0.243 e. The van der Waals surface area contributed by atoms with E-state index in [9.17, 15) is 8.42 Å². The Kier molecular flexibility index (Phi) is 3.74. The minimum atomic E-state index is -3.41. The van der Waals surface area contributed by atoms with E-state index in [1.807, 2.05) is 6.92 Å². The van der Waals surface area contributed by atoms with Gasteiger partial charge in [-0.15, -0.1) is 0 Å². The molecule has 0 aromatic heterocycles. The molecule has 1 aliphatic carbocycles. The maximum absolute atomic E-state index is 12.8. The fraction of sp³-hybridized carbons (Fsp3) is 0.625. The number of sulfonamides is 1. The van der Waals surface area contributed by atoms with Crippen LogP contribution in [0.15, 0.2) is 23.1 Å². The van der Waals surface area contributed by atoms with Gasteiger partial charge in [0.25, 0.3) is 0 Å². The van der Waals surface area contributed by atoms with Crippen molar-refractivity contribution >= 4 is 15.7 Å². The highest BCUT2D eigenvalue weighted by Crippen LogP contribution is 2.46. The number of piperidine rings is 1. The largest absolute Gasteiger partial charge is 0.399 e. The minimum absolute atomic E-state index is 0.366. The number of anilines is 1. The van der Waals surface area contributed by atoms with E-state index in [1.165, 1.54) is 25.7 Å². The summed E-state index contributed by atoms with van der Waals surface area (Å²) in [5.41, 5.74) is 7.46. The molecule has 5 heteroatoms. The Balaban J connectivity index is 1.82. The molecule has 2 N–H and O–H groups in total. The van der Waals surface area contributed by atoms with E-state index in [0.29, 0.717) is 29.1 Å². The van der Waals surface area contributed by atoms with Gasteiger partial charge in [-0.25, -0.2) is 8.42 Å². The van der Waals surface area contributed by atoms with Crippen LogP contribution in [0.4, 0.5) is 5.69 Å². The van der Waals surface area contributed by atoms with Crippen molar-refractivity contribution in [3.63, 3.8) is 0 Å². The molecule has 21 heavy (non-hydrogen) atoms. The van der Waals surface area contributed by atoms with E-state index in [1.54, 1.807) is 22.5 Å². The highest BCUT2D eigenvalue weighted by atomic mass is 32.2. The summed E-state index contributed by atoms with van der Waals surface area (Å²) < 4.78 is 27.3. The quantitative estimate of drug-likeness (QED) is 0.854. The summed E-state index contributed by atoms with van der Waals surface area (Å²) in [6, 6.07) is 5.12. The molecule has 0 unspecified atom stereocenters. The molecule has 2 fully saturated rings. The summed E-state index contributed by atoms with van der Waals surface area (Å²) in [4.78, 5) is 0.366. The molecule has 2 aliphatic rings. The van der Waals surface area contributed by atoms with Crippen LogP contribution in [0.1, 0.15) is 44.1 Å². The number of nitrogens with two attached hydrogens (primary N) is 1. The number of nitrogen functional groups attached to an aromatic ring is 1. The second-order valence-electron chi connectivity index (χ2n) is 6.64. The zero-order chi connectivity index (χ0) is 15.1. The van der Waals surface area contributed by atoms with Crippen molar-refractivity contribution < 1.29 is 8.42 Å². The normalized spacial score (nSPS) is 22.7. The van der Waals surface area contributed by atoms with Crippen LogP contribution in [0.2, 0.25) is 0 Å². The summed E-state index contributed by atoms with van der Waals surface area (Å²) in [6.07, 6.45) is 7.18. The van der Waals surface area contributed by atoms with E-state index < -0.39 is 10.0 Å². The van der Waals surface area contributed by atoms with Crippen LogP contribution in [0.25, 0.3) is 0 Å². The lowest BCUT2D eigenvalue weighted by molar-refractivity contribution is 0.160. The van der Waals surface area contributed by atoms with Gasteiger partial charge in [-0.1, -0.05) is 18.9 Å². The first-order valence-corrected chi connectivity index (χ1v) is 9.23. The molecular weight excluding hydrogens is 284 g/mol. The first-order valence-electron chi connectivity index (χ1n) is 7.79. The van der Waals surface area contributed by atoms with Gasteiger partial charge in [-0.2, -0.15) is 4.31 Å². The molecule has 1 saturated carbocycles. The number of hydrogen-bond acceptors (Lipinski definition) is 3. The predicted molar refractivity (Wildman–Crippen MR) is 84.5 cm³/mol. The number of aryl methyl sites for hydroxylation is 1. The molecule has 4 nitrogen and oxygen atoms in total. The number of benzene rings is 1. The molecule has 1 heterocycles. The van der Waals surface area contributed by atoms with E-state index in [0.717, 1.165) is 18.4 Å². The number of nitrogens with zero attached hydrogens (tertiary/aromatic N) is 1. The molecule has 0 atom stereocenters. The second kappa shape index (κ2) is 5.29. The summed E-state index contributed by atoms with van der Waals surface area (Å²) in [5, 5.41) is 0. The van der Waals surface area contributed by atoms with Gasteiger partial charge in [-0.3, -0.25) is 0 Å². The molecule has 1 aliphatic heterocycles. The minimum Gasteiger partial charge on any atom is -0.399 e. The average molecular weight is 308 g/mol. The van der Waals surface area contributed by atoms with Crippen molar-refractivity contribution in [2.45, 2.75) is 50.3 Å². The summed E-state index contributed by atoms with van der Waals surface area (Å²) in [6.45, 7) is 3.13. The van der Waals surface area contributed by atoms with Crippen molar-refractivity contribution in [3.8, 4) is 0 Å². The monoisotopic (exact) mass is 308 g/mol. The van der Waals surface area contributed by atoms with Gasteiger partial charge in [-0.05, 0) is 55.7 Å². The van der Waals surface area contributed by atoms with Crippen molar-refractivity contribution in [2.24, 2.45) is 5.41 Å². The SMILES string of the molecule is Cc1ccc(N)cc1S(=O)(=O)N1CCC2(CCCC2)CC1. The molecular formula is C16H24N2O2S. The third kappa shape index (κ3) is 2.69. The maximum Gasteiger partial charge on any atom is 0.243 e. The van der Waals surface area contributed by atoms with Crippen molar-refractivity contribution in [1.29, 1.82) is 0 Å². The molecule has 0 radical (unpaired) electrons. The van der Waals surface area contributed by atoms with Gasteiger partial charge in [0, 0.05) is 18.8 Å². The lowest BCUT2D eigenvalue weighted by atomic mass is 9.78. The van der Waals surface area contributed by atoms with Crippen LogP contribution < -0.4 is 5.73 Å². The molecule has 0 amide bonds. The summed E-state index contributed by atoms with van der Waals surface area (Å²) in [7, 11) is -3.41. The van der Waals surface area contributed by atoms with E-state index in [2.05, 4.69) is 0 Å². The Morgan fingerprint density at radius 3 is 2.33 bits per heavy atom. The van der Waals surface area contributed by atoms with Gasteiger partial charge < -0.3 is 5.73 Å². The Morgan fingerprint density at radius 2 is 1.71 bits per heavy atom. The lowest BCUT2D eigenvalue weighted by Gasteiger charge is -2.38. The van der Waals surface area contributed by atoms with E-state index in [4.69, 9.17) is 5.73 Å². The second-order valence-corrected chi connectivity index (χ2v) is 8.54. The zero-order valence-corrected chi connectivity index (χ0v) is 13.5. The predicted octanol–water partition coefficient (Wildman–Crippen LogP) is 2.92. The highest BCUT2D eigenvalue weighted by Gasteiger charge is 2.40. The highest BCUT2D eigenvalue weighted by molar-refractivity contribution is 7.89. The Labute approximate surface area is 127 Å². The fourth-order valence-electron chi connectivity index (χ4n) is 3.86. The van der Waals surface area contributed by atoms with Gasteiger partial charge in [0.15, 0.2) is 0 Å². The first-order chi connectivity index (χ1) is 9.93. The summed E-state index contributed by atoms with van der Waals surface area (Å²) in [5.74, 6) is 0. The topological polar surface area (TPSA) is 63.4 Å². The molecule has 1 saturated heterocycles. The molecule has 3 rings (SSSR count). The molecule has 0 bridgehead atoms. The van der Waals surface area contributed by atoms with Crippen LogP contribution in [0.3, 0.4) is 0 Å². The Hall–Kier alpha value is -1.07. The van der Waals surface area contributed by atoms with Crippen LogP contribution in [-0.4, -0.2) is 25.8 Å². The van der Waals surface area contributed by atoms with Crippen LogP contribution in [-0.2, 0) is 10.0 Å².